The number of nitrogens with zero attached hydrogens (tertiary/aromatic N) is 3. The molecular formula is C23H22FN3O3. The number of ketones is 1. The summed E-state index contributed by atoms with van der Waals surface area (Å²) in [7, 11) is 0. The minimum Gasteiger partial charge on any atom is -0.417 e. The van der Waals surface area contributed by atoms with Crippen LogP contribution in [-0.2, 0) is 17.6 Å². The maximum atomic E-state index is 13.1. The third kappa shape index (κ3) is 4.01. The fraction of sp³-hybridized carbons (Fsp3) is 0.304. The van der Waals surface area contributed by atoms with Crippen LogP contribution < -0.4 is 4.90 Å². The third-order valence-corrected chi connectivity index (χ3v) is 5.45. The summed E-state index contributed by atoms with van der Waals surface area (Å²) in [6.07, 6.45) is 1.89. The molecule has 2 heterocycles. The van der Waals surface area contributed by atoms with Gasteiger partial charge in [0.1, 0.15) is 11.6 Å². The quantitative estimate of drug-likeness (QED) is 0.638. The molecule has 1 amide bonds. The number of hydrogen-bond donors (Lipinski definition) is 0. The van der Waals surface area contributed by atoms with Crippen LogP contribution in [0.4, 0.5) is 10.1 Å². The number of benzene rings is 2. The van der Waals surface area contributed by atoms with Crippen LogP contribution in [-0.4, -0.2) is 28.4 Å². The molecule has 0 fully saturated rings. The molecule has 0 radical (unpaired) electrons. The molecular weight excluding hydrogens is 385 g/mol. The Labute approximate surface area is 173 Å². The first-order valence-corrected chi connectivity index (χ1v) is 9.94. The first-order chi connectivity index (χ1) is 14.4. The number of fused-ring (bicyclic) bond motifs is 1. The number of halogens is 1. The van der Waals surface area contributed by atoms with Crippen LogP contribution in [0.2, 0.25) is 0 Å². The second kappa shape index (κ2) is 8.18. The molecule has 2 aromatic carbocycles. The molecule has 1 aliphatic rings. The van der Waals surface area contributed by atoms with Gasteiger partial charge < -0.3 is 9.32 Å². The number of anilines is 1. The minimum absolute atomic E-state index is 0.0210. The van der Waals surface area contributed by atoms with Crippen molar-refractivity contribution < 1.29 is 18.4 Å². The van der Waals surface area contributed by atoms with Gasteiger partial charge in [-0.2, -0.15) is 0 Å². The lowest BCUT2D eigenvalue weighted by Gasteiger charge is -2.29. The summed E-state index contributed by atoms with van der Waals surface area (Å²) in [6.45, 7) is 4.09. The molecule has 1 atom stereocenters. The largest absolute Gasteiger partial charge is 0.417 e. The highest BCUT2D eigenvalue weighted by molar-refractivity contribution is 6.03. The van der Waals surface area contributed by atoms with Crippen LogP contribution in [0, 0.1) is 12.7 Å². The number of aryl methyl sites for hydroxylation is 2. The molecule has 0 aliphatic carbocycles. The molecule has 4 rings (SSSR count). The van der Waals surface area contributed by atoms with Gasteiger partial charge in [0.25, 0.3) is 0 Å². The standard InChI is InChI=1S/C23H22FN3O3/c1-14(21(28)12-16-5-8-19(24)9-6-16)17-7-10-20-18(13-17)4-3-11-27(20)23(29)22-26-25-15(2)30-22/h5-10,13-14H,3-4,11-12H2,1-2H3. The summed E-state index contributed by atoms with van der Waals surface area (Å²) in [5.74, 6) is -0.545. The van der Waals surface area contributed by atoms with Crippen LogP contribution in [0.5, 0.6) is 0 Å². The lowest BCUT2D eigenvalue weighted by molar-refractivity contribution is -0.119. The molecule has 1 aromatic heterocycles. The molecule has 154 valence electrons. The predicted molar refractivity (Wildman–Crippen MR) is 109 cm³/mol. The van der Waals surface area contributed by atoms with Gasteiger partial charge in [0.2, 0.25) is 5.89 Å². The van der Waals surface area contributed by atoms with Crippen molar-refractivity contribution in [1.82, 2.24) is 10.2 Å². The van der Waals surface area contributed by atoms with Gasteiger partial charge in [0.15, 0.2) is 0 Å². The Hall–Kier alpha value is -3.35. The summed E-state index contributed by atoms with van der Waals surface area (Å²) >= 11 is 0. The molecule has 0 saturated carbocycles. The highest BCUT2D eigenvalue weighted by Gasteiger charge is 2.28. The van der Waals surface area contributed by atoms with Gasteiger partial charge in [-0.05, 0) is 47.7 Å². The Morgan fingerprint density at radius 2 is 1.93 bits per heavy atom. The summed E-state index contributed by atoms with van der Waals surface area (Å²) in [5.41, 5.74) is 3.52. The van der Waals surface area contributed by atoms with Crippen molar-refractivity contribution in [2.45, 2.75) is 39.0 Å². The van der Waals surface area contributed by atoms with Crippen molar-refractivity contribution >= 4 is 17.4 Å². The third-order valence-electron chi connectivity index (χ3n) is 5.45. The van der Waals surface area contributed by atoms with E-state index in [9.17, 15) is 14.0 Å². The molecule has 1 aliphatic heterocycles. The van der Waals surface area contributed by atoms with E-state index < -0.39 is 0 Å². The van der Waals surface area contributed by atoms with E-state index in [1.807, 2.05) is 25.1 Å². The zero-order chi connectivity index (χ0) is 21.3. The van der Waals surface area contributed by atoms with E-state index in [0.717, 1.165) is 35.2 Å². The monoisotopic (exact) mass is 407 g/mol. The van der Waals surface area contributed by atoms with E-state index in [4.69, 9.17) is 4.42 Å². The van der Waals surface area contributed by atoms with Crippen LogP contribution in [0.3, 0.4) is 0 Å². The summed E-state index contributed by atoms with van der Waals surface area (Å²) in [5, 5.41) is 7.56. The van der Waals surface area contributed by atoms with E-state index in [1.165, 1.54) is 12.1 Å². The number of amides is 1. The average molecular weight is 407 g/mol. The van der Waals surface area contributed by atoms with E-state index in [2.05, 4.69) is 10.2 Å². The Morgan fingerprint density at radius 3 is 2.63 bits per heavy atom. The number of Topliss-reactive ketones (excluding diaryl/α,β-unsaturated/α-hetero) is 1. The minimum atomic E-state index is -0.316. The Balaban J connectivity index is 1.53. The van der Waals surface area contributed by atoms with E-state index in [1.54, 1.807) is 24.0 Å². The first kappa shape index (κ1) is 19.9. The molecule has 6 nitrogen and oxygen atoms in total. The van der Waals surface area contributed by atoms with Crippen molar-refractivity contribution in [2.24, 2.45) is 0 Å². The Bertz CT molecular complexity index is 1090. The van der Waals surface area contributed by atoms with Gasteiger partial charge in [0.05, 0.1) is 0 Å². The molecule has 3 aromatic rings. The molecule has 0 N–H and O–H groups in total. The summed E-state index contributed by atoms with van der Waals surface area (Å²) in [6, 6.07) is 11.8. The van der Waals surface area contributed by atoms with E-state index in [-0.39, 0.29) is 35.7 Å². The second-order valence-electron chi connectivity index (χ2n) is 7.57. The van der Waals surface area contributed by atoms with Gasteiger partial charge in [-0.25, -0.2) is 4.39 Å². The number of aromatic nitrogens is 2. The molecule has 0 saturated heterocycles. The molecule has 30 heavy (non-hydrogen) atoms. The maximum Gasteiger partial charge on any atom is 0.315 e. The fourth-order valence-corrected chi connectivity index (χ4v) is 3.74. The predicted octanol–water partition coefficient (Wildman–Crippen LogP) is 4.03. The molecule has 7 heteroatoms. The molecule has 0 spiro atoms. The Morgan fingerprint density at radius 1 is 1.17 bits per heavy atom. The van der Waals surface area contributed by atoms with Crippen molar-refractivity contribution in [1.29, 1.82) is 0 Å². The zero-order valence-electron chi connectivity index (χ0n) is 16.9. The van der Waals surface area contributed by atoms with Crippen molar-refractivity contribution in [3.05, 3.63) is 76.8 Å². The zero-order valence-corrected chi connectivity index (χ0v) is 16.9. The SMILES string of the molecule is Cc1nnc(C(=O)N2CCCc3cc(C(C)C(=O)Cc4ccc(F)cc4)ccc32)o1. The van der Waals surface area contributed by atoms with Gasteiger partial charge in [-0.1, -0.05) is 31.2 Å². The lowest BCUT2D eigenvalue weighted by atomic mass is 9.89. The van der Waals surface area contributed by atoms with Crippen LogP contribution in [0.25, 0.3) is 0 Å². The van der Waals surface area contributed by atoms with Gasteiger partial charge in [-0.3, -0.25) is 9.59 Å². The maximum absolute atomic E-state index is 13.1. The topological polar surface area (TPSA) is 76.3 Å². The first-order valence-electron chi connectivity index (χ1n) is 9.94. The molecule has 1 unspecified atom stereocenters. The fourth-order valence-electron chi connectivity index (χ4n) is 3.74. The lowest BCUT2D eigenvalue weighted by Crippen LogP contribution is -2.35. The number of rotatable bonds is 5. The number of carbonyl (C=O) groups is 2. The summed E-state index contributed by atoms with van der Waals surface area (Å²) < 4.78 is 18.4. The van der Waals surface area contributed by atoms with Crippen LogP contribution in [0.1, 0.15) is 52.5 Å². The van der Waals surface area contributed by atoms with Crippen molar-refractivity contribution in [2.75, 3.05) is 11.4 Å². The highest BCUT2D eigenvalue weighted by Crippen LogP contribution is 2.32. The van der Waals surface area contributed by atoms with E-state index >= 15 is 0 Å². The van der Waals surface area contributed by atoms with Gasteiger partial charge in [0, 0.05) is 31.5 Å². The van der Waals surface area contributed by atoms with E-state index in [0.29, 0.717) is 12.4 Å². The van der Waals surface area contributed by atoms with Crippen molar-refractivity contribution in [3.8, 4) is 0 Å². The second-order valence-corrected chi connectivity index (χ2v) is 7.57. The molecule has 0 bridgehead atoms. The Kier molecular flexibility index (Phi) is 5.44. The number of hydrogen-bond acceptors (Lipinski definition) is 5. The van der Waals surface area contributed by atoms with Gasteiger partial charge in [-0.15, -0.1) is 10.2 Å². The summed E-state index contributed by atoms with van der Waals surface area (Å²) in [4.78, 5) is 27.2. The number of carbonyl (C=O) groups excluding carboxylic acids is 2. The van der Waals surface area contributed by atoms with Crippen LogP contribution in [0.15, 0.2) is 46.9 Å². The van der Waals surface area contributed by atoms with Gasteiger partial charge >= 0.3 is 11.8 Å². The smallest absolute Gasteiger partial charge is 0.315 e. The highest BCUT2D eigenvalue weighted by atomic mass is 19.1. The average Bonchev–Trinajstić information content (AvgIpc) is 3.19. The van der Waals surface area contributed by atoms with Crippen molar-refractivity contribution in [3.63, 3.8) is 0 Å². The normalized spacial score (nSPS) is 14.3. The van der Waals surface area contributed by atoms with Crippen LogP contribution >= 0.6 is 0 Å².